The number of aromatic nitrogens is 3. The minimum absolute atomic E-state index is 0.0902. The van der Waals surface area contributed by atoms with Crippen LogP contribution in [0.2, 0.25) is 0 Å². The Hall–Kier alpha value is -1.48. The molecule has 134 valence electrons. The van der Waals surface area contributed by atoms with Gasteiger partial charge >= 0.3 is 0 Å². The van der Waals surface area contributed by atoms with Crippen LogP contribution in [0.15, 0.2) is 0 Å². The average Bonchev–Trinajstić information content (AvgIpc) is 3.09. The number of fused-ring (bicyclic) bond motifs is 1. The first kappa shape index (κ1) is 17.3. The van der Waals surface area contributed by atoms with Gasteiger partial charge in [0.15, 0.2) is 0 Å². The second kappa shape index (κ2) is 6.44. The zero-order valence-corrected chi connectivity index (χ0v) is 15.2. The highest BCUT2D eigenvalue weighted by Gasteiger charge is 2.39. The molecule has 0 unspecified atom stereocenters. The molecular weight excluding hydrogens is 330 g/mol. The maximum Gasteiger partial charge on any atom is 0.291 e. The van der Waals surface area contributed by atoms with Gasteiger partial charge in [-0.05, 0) is 24.7 Å². The molecule has 1 saturated heterocycles. The Balaban J connectivity index is 1.80. The van der Waals surface area contributed by atoms with Crippen LogP contribution in [0.25, 0.3) is 0 Å². The van der Waals surface area contributed by atoms with Crippen molar-refractivity contribution in [3.05, 3.63) is 11.6 Å². The molecule has 1 amide bonds. The summed E-state index contributed by atoms with van der Waals surface area (Å²) in [5, 5.41) is 8.23. The van der Waals surface area contributed by atoms with E-state index in [4.69, 9.17) is 0 Å². The molecule has 9 heteroatoms. The number of hydrogen-bond acceptors (Lipinski definition) is 5. The number of hydrogen-bond donors (Lipinski definition) is 1. The standard InChI is InChI=1S/C15H25N5O3S/c1-10(2)11-8-19(9-12(11)18-24(3,22)23)15(21)14-17-16-13-6-4-5-7-20(13)14/h10-12,18H,4-9H2,1-3H3/t11-,12+/m0/s1. The van der Waals surface area contributed by atoms with Gasteiger partial charge in [0.1, 0.15) is 5.82 Å². The van der Waals surface area contributed by atoms with Crippen molar-refractivity contribution in [3.63, 3.8) is 0 Å². The minimum atomic E-state index is -3.31. The molecule has 0 saturated carbocycles. The van der Waals surface area contributed by atoms with E-state index in [9.17, 15) is 13.2 Å². The van der Waals surface area contributed by atoms with Gasteiger partial charge in [0, 0.05) is 32.1 Å². The van der Waals surface area contributed by atoms with Crippen LogP contribution in [0, 0.1) is 11.8 Å². The van der Waals surface area contributed by atoms with Crippen molar-refractivity contribution in [1.29, 1.82) is 0 Å². The van der Waals surface area contributed by atoms with Crippen LogP contribution in [-0.4, -0.2) is 59.4 Å². The third-order valence-electron chi connectivity index (χ3n) is 4.92. The third-order valence-corrected chi connectivity index (χ3v) is 5.66. The number of rotatable bonds is 4. The van der Waals surface area contributed by atoms with Crippen LogP contribution < -0.4 is 4.72 Å². The third kappa shape index (κ3) is 3.46. The quantitative estimate of drug-likeness (QED) is 0.836. The molecule has 3 heterocycles. The van der Waals surface area contributed by atoms with Gasteiger partial charge < -0.3 is 9.47 Å². The van der Waals surface area contributed by atoms with Gasteiger partial charge in [-0.1, -0.05) is 13.8 Å². The highest BCUT2D eigenvalue weighted by atomic mass is 32.2. The second-order valence-corrected chi connectivity index (χ2v) is 8.94. The van der Waals surface area contributed by atoms with Crippen LogP contribution in [0.1, 0.15) is 43.1 Å². The lowest BCUT2D eigenvalue weighted by atomic mass is 9.92. The molecule has 8 nitrogen and oxygen atoms in total. The lowest BCUT2D eigenvalue weighted by Crippen LogP contribution is -2.41. The Bertz CT molecular complexity index is 727. The van der Waals surface area contributed by atoms with Gasteiger partial charge in [0.25, 0.3) is 5.91 Å². The van der Waals surface area contributed by atoms with Crippen molar-refractivity contribution in [1.82, 2.24) is 24.4 Å². The summed E-state index contributed by atoms with van der Waals surface area (Å²) < 4.78 is 27.8. The van der Waals surface area contributed by atoms with E-state index in [1.54, 1.807) is 4.90 Å². The minimum Gasteiger partial charge on any atom is -0.334 e. The molecule has 2 atom stereocenters. The van der Waals surface area contributed by atoms with Gasteiger partial charge in [-0.15, -0.1) is 10.2 Å². The van der Waals surface area contributed by atoms with Crippen LogP contribution in [0.3, 0.4) is 0 Å². The number of likely N-dealkylation sites (tertiary alicyclic amines) is 1. The van der Waals surface area contributed by atoms with E-state index in [1.165, 1.54) is 0 Å². The molecule has 0 aliphatic carbocycles. The SMILES string of the molecule is CC(C)[C@@H]1CN(C(=O)c2nnc3n2CCCC3)C[C@H]1NS(C)(=O)=O. The van der Waals surface area contributed by atoms with Crippen molar-refractivity contribution in [2.45, 2.75) is 45.7 Å². The van der Waals surface area contributed by atoms with E-state index in [-0.39, 0.29) is 23.8 Å². The predicted octanol–water partition coefficient (Wildman–Crippen LogP) is 0.260. The van der Waals surface area contributed by atoms with Gasteiger partial charge in [-0.25, -0.2) is 13.1 Å². The maximum absolute atomic E-state index is 12.9. The Morgan fingerprint density at radius 3 is 2.67 bits per heavy atom. The van der Waals surface area contributed by atoms with Crippen molar-refractivity contribution >= 4 is 15.9 Å². The number of nitrogens with one attached hydrogen (secondary N) is 1. The van der Waals surface area contributed by atoms with Gasteiger partial charge in [0.2, 0.25) is 15.8 Å². The Labute approximate surface area is 142 Å². The van der Waals surface area contributed by atoms with E-state index >= 15 is 0 Å². The summed E-state index contributed by atoms with van der Waals surface area (Å²) >= 11 is 0. The molecular formula is C15H25N5O3S. The van der Waals surface area contributed by atoms with Crippen molar-refractivity contribution < 1.29 is 13.2 Å². The second-order valence-electron chi connectivity index (χ2n) is 7.16. The lowest BCUT2D eigenvalue weighted by molar-refractivity contribution is 0.0764. The van der Waals surface area contributed by atoms with Crippen molar-refractivity contribution in [2.24, 2.45) is 11.8 Å². The summed E-state index contributed by atoms with van der Waals surface area (Å²) in [6.07, 6.45) is 4.11. The van der Waals surface area contributed by atoms with Gasteiger partial charge in [0.05, 0.1) is 6.26 Å². The molecule has 3 rings (SSSR count). The highest BCUT2D eigenvalue weighted by molar-refractivity contribution is 7.88. The molecule has 0 spiro atoms. The molecule has 0 bridgehead atoms. The van der Waals surface area contributed by atoms with Crippen molar-refractivity contribution in [2.75, 3.05) is 19.3 Å². The summed E-state index contributed by atoms with van der Waals surface area (Å²) in [7, 11) is -3.31. The van der Waals surface area contributed by atoms with Crippen LogP contribution >= 0.6 is 0 Å². The predicted molar refractivity (Wildman–Crippen MR) is 89.0 cm³/mol. The molecule has 2 aliphatic heterocycles. The van der Waals surface area contributed by atoms with E-state index in [1.807, 2.05) is 4.57 Å². The Morgan fingerprint density at radius 1 is 1.25 bits per heavy atom. The van der Waals surface area contributed by atoms with Crippen LogP contribution in [-0.2, 0) is 23.0 Å². The molecule has 2 aliphatic rings. The van der Waals surface area contributed by atoms with Gasteiger partial charge in [-0.2, -0.15) is 0 Å². The molecule has 0 aromatic carbocycles. The first-order valence-corrected chi connectivity index (χ1v) is 10.3. The number of sulfonamides is 1. The van der Waals surface area contributed by atoms with E-state index in [0.717, 1.165) is 37.9 Å². The summed E-state index contributed by atoms with van der Waals surface area (Å²) in [5.74, 6) is 1.46. The molecule has 1 N–H and O–H groups in total. The highest BCUT2D eigenvalue weighted by Crippen LogP contribution is 2.26. The first-order valence-electron chi connectivity index (χ1n) is 8.45. The van der Waals surface area contributed by atoms with Crippen molar-refractivity contribution in [3.8, 4) is 0 Å². The largest absolute Gasteiger partial charge is 0.334 e. The summed E-state index contributed by atoms with van der Waals surface area (Å²) in [4.78, 5) is 14.6. The molecule has 1 aromatic rings. The fraction of sp³-hybridized carbons (Fsp3) is 0.800. The molecule has 1 fully saturated rings. The summed E-state index contributed by atoms with van der Waals surface area (Å²) in [6, 6.07) is -0.257. The fourth-order valence-electron chi connectivity index (χ4n) is 3.68. The number of carbonyl (C=O) groups is 1. The van der Waals surface area contributed by atoms with E-state index < -0.39 is 10.0 Å². The van der Waals surface area contributed by atoms with Gasteiger partial charge in [-0.3, -0.25) is 4.79 Å². The summed E-state index contributed by atoms with van der Waals surface area (Å²) in [6.45, 7) is 5.78. The number of aryl methyl sites for hydroxylation is 1. The average molecular weight is 355 g/mol. The molecule has 0 radical (unpaired) electrons. The smallest absolute Gasteiger partial charge is 0.291 e. The Morgan fingerprint density at radius 2 is 2.00 bits per heavy atom. The maximum atomic E-state index is 12.9. The lowest BCUT2D eigenvalue weighted by Gasteiger charge is -2.21. The summed E-state index contributed by atoms with van der Waals surface area (Å²) in [5.41, 5.74) is 0. The normalized spacial score (nSPS) is 24.4. The molecule has 24 heavy (non-hydrogen) atoms. The van der Waals surface area contributed by atoms with E-state index in [2.05, 4.69) is 28.8 Å². The fourth-order valence-corrected chi connectivity index (χ4v) is 4.48. The zero-order chi connectivity index (χ0) is 17.5. The topological polar surface area (TPSA) is 97.2 Å². The monoisotopic (exact) mass is 355 g/mol. The number of amides is 1. The van der Waals surface area contributed by atoms with Crippen LogP contribution in [0.4, 0.5) is 0 Å². The number of nitrogens with zero attached hydrogens (tertiary/aromatic N) is 4. The first-order chi connectivity index (χ1) is 11.3. The van der Waals surface area contributed by atoms with Crippen LogP contribution in [0.5, 0.6) is 0 Å². The Kier molecular flexibility index (Phi) is 4.65. The van der Waals surface area contributed by atoms with E-state index in [0.29, 0.717) is 18.9 Å². The molecule has 1 aromatic heterocycles. The number of carbonyl (C=O) groups excluding carboxylic acids is 1. The zero-order valence-electron chi connectivity index (χ0n) is 14.4.